The summed E-state index contributed by atoms with van der Waals surface area (Å²) in [6.45, 7) is 0. The van der Waals surface area contributed by atoms with Gasteiger partial charge in [0.1, 0.15) is 29.0 Å². The van der Waals surface area contributed by atoms with Crippen LogP contribution in [0.25, 0.3) is 11.1 Å². The summed E-state index contributed by atoms with van der Waals surface area (Å²) in [5, 5.41) is 0.298. The third-order valence-corrected chi connectivity index (χ3v) is 7.95. The number of hydrogen-bond donors (Lipinski definition) is 1. The van der Waals surface area contributed by atoms with Crippen molar-refractivity contribution in [1.29, 1.82) is 0 Å². The van der Waals surface area contributed by atoms with Crippen LogP contribution in [0, 0.1) is 5.82 Å². The maximum absolute atomic E-state index is 15.0. The lowest BCUT2D eigenvalue weighted by Crippen LogP contribution is -2.48. The Balaban J connectivity index is 1.44. The van der Waals surface area contributed by atoms with Crippen LogP contribution < -0.4 is 15.2 Å². The molecule has 164 valence electrons. The number of aromatic nitrogens is 3. The first-order valence-electron chi connectivity index (χ1n) is 10.1. The molecule has 1 aliphatic carbocycles. The number of hydrogen-bond acceptors (Lipinski definition) is 8. The van der Waals surface area contributed by atoms with Crippen LogP contribution in [0.1, 0.15) is 37.3 Å². The minimum Gasteiger partial charge on any atom is -0.588 e. The van der Waals surface area contributed by atoms with Crippen molar-refractivity contribution in [1.82, 2.24) is 13.9 Å². The number of para-hydroxylation sites is 1. The van der Waals surface area contributed by atoms with Crippen LogP contribution in [0.5, 0.6) is 5.75 Å². The van der Waals surface area contributed by atoms with Gasteiger partial charge in [-0.15, -0.1) is 0 Å². The van der Waals surface area contributed by atoms with Crippen LogP contribution in [-0.2, 0) is 11.4 Å². The maximum Gasteiger partial charge on any atom is 0.420 e. The van der Waals surface area contributed by atoms with Crippen LogP contribution in [0.2, 0.25) is 0 Å². The van der Waals surface area contributed by atoms with E-state index in [9.17, 15) is 9.35 Å². The number of nitrogens with zero attached hydrogens (tertiary/aromatic N) is 3. The van der Waals surface area contributed by atoms with Gasteiger partial charge in [-0.05, 0) is 25.3 Å². The predicted octanol–water partition coefficient (Wildman–Crippen LogP) is 4.01. The molecule has 0 amide bonds. The molecule has 8 nitrogen and oxygen atoms in total. The van der Waals surface area contributed by atoms with Gasteiger partial charge < -0.3 is 13.7 Å². The molecule has 1 saturated carbocycles. The molecule has 32 heavy (non-hydrogen) atoms. The summed E-state index contributed by atoms with van der Waals surface area (Å²) in [5.41, 5.74) is 1.04. The largest absolute Gasteiger partial charge is 0.588 e. The molecule has 6 rings (SSSR count). The molecule has 0 bridgehead atoms. The average Bonchev–Trinajstić information content (AvgIpc) is 3.38. The van der Waals surface area contributed by atoms with Crippen molar-refractivity contribution in [3.05, 3.63) is 64.7 Å². The second kappa shape index (κ2) is 7.32. The zero-order valence-corrected chi connectivity index (χ0v) is 18.2. The molecule has 1 N–H and O–H groups in total. The zero-order valence-electron chi connectivity index (χ0n) is 16.6. The van der Waals surface area contributed by atoms with Crippen molar-refractivity contribution in [3.8, 4) is 5.75 Å². The van der Waals surface area contributed by atoms with Crippen LogP contribution in [0.4, 0.5) is 9.52 Å². The topological polar surface area (TPSA) is 105 Å². The molecule has 0 unspecified atom stereocenters. The SMILES string of the molecule is O=c1oc2cc([S@+]([O-])Nc3ncns3)c(F)cc2n1[C@H]1CC2(CCC2)Oc2ccccc21. The Morgan fingerprint density at radius 3 is 2.91 bits per heavy atom. The summed E-state index contributed by atoms with van der Waals surface area (Å²) < 4.78 is 47.3. The van der Waals surface area contributed by atoms with Crippen molar-refractivity contribution < 1.29 is 18.1 Å². The van der Waals surface area contributed by atoms with Gasteiger partial charge in [-0.25, -0.2) is 14.2 Å². The standard InChI is InChI=1S/C21H17FN4O4S2/c22-13-8-14-17(9-18(13)32(28)25-19-23-11-24-31-19)29-20(27)26(14)15-10-21(6-3-7-21)30-16-5-2-1-4-12(15)16/h1-2,4-5,8-9,11,15H,3,6-7,10H2,(H,23,24,25)/t15-,32-/m0/s1. The quantitative estimate of drug-likeness (QED) is 0.447. The third-order valence-electron chi connectivity index (χ3n) is 6.15. The molecule has 11 heteroatoms. The van der Waals surface area contributed by atoms with Crippen LogP contribution >= 0.6 is 11.5 Å². The highest BCUT2D eigenvalue weighted by Crippen LogP contribution is 2.50. The first kappa shape index (κ1) is 19.8. The Labute approximate surface area is 188 Å². The van der Waals surface area contributed by atoms with Gasteiger partial charge in [-0.3, -0.25) is 4.57 Å². The van der Waals surface area contributed by atoms with Crippen LogP contribution in [0.3, 0.4) is 0 Å². The Kier molecular flexibility index (Phi) is 4.52. The van der Waals surface area contributed by atoms with Crippen molar-refractivity contribution in [2.45, 2.75) is 42.2 Å². The average molecular weight is 473 g/mol. The highest BCUT2D eigenvalue weighted by atomic mass is 32.2. The summed E-state index contributed by atoms with van der Waals surface area (Å²) in [5.74, 6) is -0.555. The highest BCUT2D eigenvalue weighted by Gasteiger charge is 2.46. The van der Waals surface area contributed by atoms with E-state index < -0.39 is 22.9 Å². The minimum atomic E-state index is -1.93. The fourth-order valence-electron chi connectivity index (χ4n) is 4.52. The fraction of sp³-hybridized carbons (Fsp3) is 0.286. The van der Waals surface area contributed by atoms with Crippen LogP contribution in [0.15, 0.2) is 56.8 Å². The molecule has 0 radical (unpaired) electrons. The summed E-state index contributed by atoms with van der Waals surface area (Å²) in [6.07, 6.45) is 4.81. The van der Waals surface area contributed by atoms with E-state index in [0.29, 0.717) is 17.1 Å². The molecule has 0 saturated heterocycles. The number of rotatable bonds is 4. The van der Waals surface area contributed by atoms with Gasteiger partial charge in [-0.2, -0.15) is 9.10 Å². The van der Waals surface area contributed by atoms with Crippen molar-refractivity contribution in [2.24, 2.45) is 0 Å². The van der Waals surface area contributed by atoms with Gasteiger partial charge in [-0.1, -0.05) is 18.2 Å². The van der Waals surface area contributed by atoms with Gasteiger partial charge in [0, 0.05) is 35.6 Å². The molecule has 1 spiro atoms. The normalized spacial score (nSPS) is 19.9. The number of nitrogens with one attached hydrogen (secondary N) is 1. The van der Waals surface area contributed by atoms with E-state index in [2.05, 4.69) is 14.1 Å². The molecule has 2 atom stereocenters. The van der Waals surface area contributed by atoms with Gasteiger partial charge in [0.25, 0.3) is 0 Å². The Hall–Kier alpha value is -2.89. The highest BCUT2D eigenvalue weighted by molar-refractivity contribution is 7.93. The molecular weight excluding hydrogens is 455 g/mol. The number of benzene rings is 2. The second-order valence-electron chi connectivity index (χ2n) is 8.00. The molecule has 2 aromatic heterocycles. The van der Waals surface area contributed by atoms with Gasteiger partial charge in [0.15, 0.2) is 11.4 Å². The molecule has 3 heterocycles. The smallest absolute Gasteiger partial charge is 0.420 e. The van der Waals surface area contributed by atoms with Gasteiger partial charge in [0.2, 0.25) is 10.0 Å². The molecule has 1 fully saturated rings. The van der Waals surface area contributed by atoms with E-state index in [1.54, 1.807) is 0 Å². The molecule has 4 aromatic rings. The van der Waals surface area contributed by atoms with Crippen LogP contribution in [-0.4, -0.2) is 24.1 Å². The van der Waals surface area contributed by atoms with Gasteiger partial charge in [0.05, 0.1) is 11.6 Å². The number of ether oxygens (including phenoxy) is 1. The number of fused-ring (bicyclic) bond motifs is 2. The van der Waals surface area contributed by atoms with Crippen molar-refractivity contribution >= 4 is 39.1 Å². The summed E-state index contributed by atoms with van der Waals surface area (Å²) in [4.78, 5) is 16.7. The number of oxazole rings is 1. The zero-order chi connectivity index (χ0) is 21.9. The lowest BCUT2D eigenvalue weighted by atomic mass is 9.73. The summed E-state index contributed by atoms with van der Waals surface area (Å²) >= 11 is -0.927. The monoisotopic (exact) mass is 472 g/mol. The van der Waals surface area contributed by atoms with E-state index >= 15 is 4.39 Å². The van der Waals surface area contributed by atoms with E-state index in [1.807, 2.05) is 24.3 Å². The number of anilines is 1. The summed E-state index contributed by atoms with van der Waals surface area (Å²) in [7, 11) is 0. The number of halogens is 1. The molecule has 1 aliphatic heterocycles. The maximum atomic E-state index is 15.0. The Morgan fingerprint density at radius 2 is 2.16 bits per heavy atom. The lowest BCUT2D eigenvalue weighted by molar-refractivity contribution is -0.0365. The second-order valence-corrected chi connectivity index (χ2v) is 9.96. The van der Waals surface area contributed by atoms with E-state index in [1.165, 1.54) is 23.0 Å². The molecular formula is C21H17FN4O4S2. The lowest BCUT2D eigenvalue weighted by Gasteiger charge is -2.47. The van der Waals surface area contributed by atoms with Crippen molar-refractivity contribution in [3.63, 3.8) is 0 Å². The van der Waals surface area contributed by atoms with E-state index in [-0.39, 0.29) is 22.1 Å². The summed E-state index contributed by atoms with van der Waals surface area (Å²) in [6, 6.07) is 9.78. The van der Waals surface area contributed by atoms with E-state index in [4.69, 9.17) is 9.15 Å². The van der Waals surface area contributed by atoms with Gasteiger partial charge >= 0.3 is 5.76 Å². The predicted molar refractivity (Wildman–Crippen MR) is 117 cm³/mol. The minimum absolute atomic E-state index is 0.128. The van der Waals surface area contributed by atoms with Crippen molar-refractivity contribution in [2.75, 3.05) is 4.72 Å². The Bertz CT molecular complexity index is 1370. The molecule has 2 aliphatic rings. The fourth-order valence-corrected chi connectivity index (χ4v) is 5.95. The first-order chi connectivity index (χ1) is 15.5. The first-order valence-corrected chi connectivity index (χ1v) is 12.0. The Morgan fingerprint density at radius 1 is 1.31 bits per heavy atom. The van der Waals surface area contributed by atoms with E-state index in [0.717, 1.165) is 42.1 Å². The molecule has 2 aromatic carbocycles. The third kappa shape index (κ3) is 3.11.